The number of anilines is 1. The molecule has 4 aromatic rings. The number of nitrogens with zero attached hydrogens (tertiary/aromatic N) is 3. The maximum atomic E-state index is 11.7. The zero-order chi connectivity index (χ0) is 18.8. The maximum absolute atomic E-state index is 11.7. The number of carbonyl (C=O) groups is 1. The topological polar surface area (TPSA) is 95.1 Å². The van der Waals surface area contributed by atoms with Gasteiger partial charge in [0.2, 0.25) is 0 Å². The Balaban J connectivity index is 1.63. The van der Waals surface area contributed by atoms with E-state index >= 15 is 0 Å². The Kier molecular flexibility index (Phi) is 4.18. The molecule has 0 atom stereocenters. The van der Waals surface area contributed by atoms with E-state index in [0.29, 0.717) is 22.9 Å². The number of imidazole rings is 1. The van der Waals surface area contributed by atoms with Gasteiger partial charge in [-0.1, -0.05) is 0 Å². The molecule has 0 fully saturated rings. The van der Waals surface area contributed by atoms with Gasteiger partial charge in [0.1, 0.15) is 23.5 Å². The molecule has 3 N–H and O–H groups in total. The molecule has 2 aromatic carbocycles. The molecular weight excluding hydrogens is 342 g/mol. The maximum Gasteiger partial charge on any atom is 0.269 e. The predicted molar refractivity (Wildman–Crippen MR) is 103 cm³/mol. The molecule has 7 heteroatoms. The van der Waals surface area contributed by atoms with Gasteiger partial charge in [0.05, 0.1) is 11.0 Å². The summed E-state index contributed by atoms with van der Waals surface area (Å²) in [6.45, 7) is 0. The van der Waals surface area contributed by atoms with Gasteiger partial charge in [-0.05, 0) is 42.5 Å². The van der Waals surface area contributed by atoms with Gasteiger partial charge in [-0.15, -0.1) is 0 Å². The summed E-state index contributed by atoms with van der Waals surface area (Å²) in [5, 5.41) is 2.54. The number of pyridine rings is 1. The smallest absolute Gasteiger partial charge is 0.269 e. The summed E-state index contributed by atoms with van der Waals surface area (Å²) in [5.74, 6) is 0.887. The number of rotatable bonds is 4. The number of hydrogen-bond acceptors (Lipinski definition) is 5. The van der Waals surface area contributed by atoms with Crippen molar-refractivity contribution in [3.05, 3.63) is 72.8 Å². The molecule has 2 aromatic heterocycles. The standard InChI is InChI=1S/C20H17N5O2/c1-22-20(26)18-11-16(8-9-23-18)27-15-6-7-19-17(10-15)24-12-25(19)14-4-2-13(21)3-5-14/h2-12H,21H2,1H3,(H,22,26). The number of nitrogens with two attached hydrogens (primary N) is 1. The van der Waals surface area contributed by atoms with Crippen LogP contribution < -0.4 is 15.8 Å². The number of aromatic nitrogens is 3. The summed E-state index contributed by atoms with van der Waals surface area (Å²) in [4.78, 5) is 20.2. The highest BCUT2D eigenvalue weighted by Crippen LogP contribution is 2.27. The van der Waals surface area contributed by atoms with Crippen LogP contribution in [0.1, 0.15) is 10.5 Å². The van der Waals surface area contributed by atoms with Crippen molar-refractivity contribution in [3.8, 4) is 17.2 Å². The molecule has 2 heterocycles. The van der Waals surface area contributed by atoms with Crippen LogP contribution in [0.3, 0.4) is 0 Å². The first kappa shape index (κ1) is 16.6. The molecule has 0 bridgehead atoms. The highest BCUT2D eigenvalue weighted by atomic mass is 16.5. The van der Waals surface area contributed by atoms with E-state index in [9.17, 15) is 4.79 Å². The van der Waals surface area contributed by atoms with Gasteiger partial charge in [0.25, 0.3) is 5.91 Å². The second-order valence-corrected chi connectivity index (χ2v) is 5.91. The van der Waals surface area contributed by atoms with Crippen LogP contribution in [0.15, 0.2) is 67.1 Å². The van der Waals surface area contributed by atoms with Crippen LogP contribution in [-0.4, -0.2) is 27.5 Å². The van der Waals surface area contributed by atoms with E-state index in [1.807, 2.05) is 47.0 Å². The highest BCUT2D eigenvalue weighted by Gasteiger charge is 2.09. The van der Waals surface area contributed by atoms with Crippen molar-refractivity contribution in [2.45, 2.75) is 0 Å². The molecular formula is C20H17N5O2. The van der Waals surface area contributed by atoms with Gasteiger partial charge in [-0.3, -0.25) is 14.3 Å². The first-order chi connectivity index (χ1) is 13.1. The van der Waals surface area contributed by atoms with Crippen molar-refractivity contribution in [2.24, 2.45) is 0 Å². The van der Waals surface area contributed by atoms with Crippen molar-refractivity contribution in [3.63, 3.8) is 0 Å². The van der Waals surface area contributed by atoms with Crippen molar-refractivity contribution in [1.82, 2.24) is 19.9 Å². The van der Waals surface area contributed by atoms with E-state index < -0.39 is 0 Å². The van der Waals surface area contributed by atoms with Gasteiger partial charge in [-0.2, -0.15) is 0 Å². The molecule has 0 unspecified atom stereocenters. The first-order valence-electron chi connectivity index (χ1n) is 8.33. The minimum atomic E-state index is -0.266. The van der Waals surface area contributed by atoms with E-state index in [2.05, 4.69) is 15.3 Å². The second kappa shape index (κ2) is 6.80. The summed E-state index contributed by atoms with van der Waals surface area (Å²) in [5.41, 5.74) is 9.49. The van der Waals surface area contributed by atoms with Gasteiger partial charge in [0.15, 0.2) is 0 Å². The molecule has 0 spiro atoms. The number of benzene rings is 2. The Hall–Kier alpha value is -3.87. The lowest BCUT2D eigenvalue weighted by molar-refractivity contribution is 0.0958. The van der Waals surface area contributed by atoms with E-state index in [1.54, 1.807) is 25.5 Å². The summed E-state index contributed by atoms with van der Waals surface area (Å²) in [6.07, 6.45) is 3.30. The molecule has 0 aliphatic carbocycles. The summed E-state index contributed by atoms with van der Waals surface area (Å²) >= 11 is 0. The molecule has 0 aliphatic heterocycles. The van der Waals surface area contributed by atoms with Crippen LogP contribution in [0.25, 0.3) is 16.7 Å². The summed E-state index contributed by atoms with van der Waals surface area (Å²) in [6, 6.07) is 16.5. The number of fused-ring (bicyclic) bond motifs is 1. The van der Waals surface area contributed by atoms with Crippen LogP contribution in [-0.2, 0) is 0 Å². The Bertz CT molecular complexity index is 1120. The van der Waals surface area contributed by atoms with Crippen molar-refractivity contribution in [2.75, 3.05) is 12.8 Å². The van der Waals surface area contributed by atoms with Crippen LogP contribution in [0.5, 0.6) is 11.5 Å². The predicted octanol–water partition coefficient (Wildman–Crippen LogP) is 3.15. The number of nitrogen functional groups attached to an aromatic ring is 1. The minimum Gasteiger partial charge on any atom is -0.457 e. The molecule has 0 saturated carbocycles. The average molecular weight is 359 g/mol. The summed E-state index contributed by atoms with van der Waals surface area (Å²) in [7, 11) is 1.56. The molecule has 7 nitrogen and oxygen atoms in total. The largest absolute Gasteiger partial charge is 0.457 e. The van der Waals surface area contributed by atoms with Crippen LogP contribution >= 0.6 is 0 Å². The third-order valence-electron chi connectivity index (χ3n) is 4.12. The van der Waals surface area contributed by atoms with Crippen LogP contribution in [0.4, 0.5) is 5.69 Å². The average Bonchev–Trinajstić information content (AvgIpc) is 3.11. The van der Waals surface area contributed by atoms with E-state index in [1.165, 1.54) is 6.20 Å². The Morgan fingerprint density at radius 3 is 2.59 bits per heavy atom. The molecule has 27 heavy (non-hydrogen) atoms. The highest BCUT2D eigenvalue weighted by molar-refractivity contribution is 5.92. The van der Waals surface area contributed by atoms with Gasteiger partial charge < -0.3 is 15.8 Å². The third kappa shape index (κ3) is 3.30. The third-order valence-corrected chi connectivity index (χ3v) is 4.12. The number of ether oxygens (including phenoxy) is 1. The van der Waals surface area contributed by atoms with Gasteiger partial charge in [-0.25, -0.2) is 4.98 Å². The van der Waals surface area contributed by atoms with E-state index in [0.717, 1.165) is 16.7 Å². The zero-order valence-electron chi connectivity index (χ0n) is 14.6. The van der Waals surface area contributed by atoms with Crippen molar-refractivity contribution >= 4 is 22.6 Å². The molecule has 134 valence electrons. The SMILES string of the molecule is CNC(=O)c1cc(Oc2ccc3c(c2)ncn3-c2ccc(N)cc2)ccn1. The van der Waals surface area contributed by atoms with Crippen molar-refractivity contribution in [1.29, 1.82) is 0 Å². The fourth-order valence-electron chi connectivity index (χ4n) is 2.76. The Morgan fingerprint density at radius 1 is 1.04 bits per heavy atom. The number of carbonyl (C=O) groups excluding carboxylic acids is 1. The number of amides is 1. The van der Waals surface area contributed by atoms with E-state index in [4.69, 9.17) is 10.5 Å². The number of nitrogens with one attached hydrogen (secondary N) is 1. The molecule has 0 saturated heterocycles. The molecule has 0 radical (unpaired) electrons. The zero-order valence-corrected chi connectivity index (χ0v) is 14.6. The molecule has 1 amide bonds. The summed E-state index contributed by atoms with van der Waals surface area (Å²) < 4.78 is 7.85. The fraction of sp³-hybridized carbons (Fsp3) is 0.0500. The monoisotopic (exact) mass is 359 g/mol. The second-order valence-electron chi connectivity index (χ2n) is 5.91. The van der Waals surface area contributed by atoms with E-state index in [-0.39, 0.29) is 5.91 Å². The first-order valence-corrected chi connectivity index (χ1v) is 8.33. The molecule has 0 aliphatic rings. The lowest BCUT2D eigenvalue weighted by Gasteiger charge is -2.08. The van der Waals surface area contributed by atoms with Gasteiger partial charge in [0, 0.05) is 36.8 Å². The minimum absolute atomic E-state index is 0.266. The number of hydrogen-bond donors (Lipinski definition) is 2. The Morgan fingerprint density at radius 2 is 1.81 bits per heavy atom. The quantitative estimate of drug-likeness (QED) is 0.546. The fourth-order valence-corrected chi connectivity index (χ4v) is 2.76. The van der Waals surface area contributed by atoms with Gasteiger partial charge >= 0.3 is 0 Å². The lowest BCUT2D eigenvalue weighted by Crippen LogP contribution is -2.18. The molecule has 4 rings (SSSR count). The van der Waals surface area contributed by atoms with Crippen molar-refractivity contribution < 1.29 is 9.53 Å². The van der Waals surface area contributed by atoms with Crippen LogP contribution in [0, 0.1) is 0 Å². The normalized spacial score (nSPS) is 10.7. The Labute approximate surface area is 155 Å². The van der Waals surface area contributed by atoms with Crippen LogP contribution in [0.2, 0.25) is 0 Å². The lowest BCUT2D eigenvalue weighted by atomic mass is 10.2.